The van der Waals surface area contributed by atoms with Crippen LogP contribution in [-0.2, 0) is 4.79 Å². The van der Waals surface area contributed by atoms with E-state index in [0.717, 1.165) is 0 Å². The van der Waals surface area contributed by atoms with Gasteiger partial charge in [-0.2, -0.15) is 0 Å². The average molecular weight is 212 g/mol. The molecule has 80 valence electrons. The van der Waals surface area contributed by atoms with Gasteiger partial charge in [0.1, 0.15) is 0 Å². The molecule has 1 aromatic rings. The van der Waals surface area contributed by atoms with Crippen molar-refractivity contribution in [2.45, 2.75) is 6.42 Å². The van der Waals surface area contributed by atoms with Crippen LogP contribution in [0.25, 0.3) is 5.57 Å². The summed E-state index contributed by atoms with van der Waals surface area (Å²) in [5, 5.41) is 0. The first kappa shape index (κ1) is 10.5. The zero-order valence-electron chi connectivity index (χ0n) is 8.84. The number of hydrogen-bond donors (Lipinski definition) is 0. The summed E-state index contributed by atoms with van der Waals surface area (Å²) < 4.78 is 0. The second kappa shape index (κ2) is 4.66. The maximum Gasteiger partial charge on any atom is 0.173 e. The normalized spacial score (nSPS) is 19.4. The van der Waals surface area contributed by atoms with Crippen LogP contribution in [0.4, 0.5) is 0 Å². The van der Waals surface area contributed by atoms with Gasteiger partial charge < -0.3 is 0 Å². The molecule has 0 aliphatic heterocycles. The number of aromatic nitrogens is 2. The fourth-order valence-electron chi connectivity index (χ4n) is 1.64. The zero-order valence-corrected chi connectivity index (χ0v) is 8.84. The van der Waals surface area contributed by atoms with Crippen molar-refractivity contribution in [2.75, 3.05) is 0 Å². The van der Waals surface area contributed by atoms with Gasteiger partial charge in [-0.1, -0.05) is 18.2 Å². The molecule has 1 heterocycles. The Morgan fingerprint density at radius 2 is 2.12 bits per heavy atom. The maximum absolute atomic E-state index is 12.1. The van der Waals surface area contributed by atoms with Crippen molar-refractivity contribution < 1.29 is 4.79 Å². The van der Waals surface area contributed by atoms with Gasteiger partial charge in [-0.3, -0.25) is 4.79 Å². The topological polar surface area (TPSA) is 42.9 Å². The molecule has 1 unspecified atom stereocenters. The van der Waals surface area contributed by atoms with Crippen LogP contribution in [0.3, 0.4) is 0 Å². The van der Waals surface area contributed by atoms with Crippen LogP contribution in [0, 0.1) is 5.92 Å². The van der Waals surface area contributed by atoms with Gasteiger partial charge in [0.2, 0.25) is 0 Å². The zero-order chi connectivity index (χ0) is 11.4. The lowest BCUT2D eigenvalue weighted by atomic mass is 9.90. The number of carbonyl (C=O) groups is 1. The molecule has 0 fully saturated rings. The third kappa shape index (κ3) is 1.98. The summed E-state index contributed by atoms with van der Waals surface area (Å²) in [6.07, 6.45) is 11.2. The molecule has 0 aromatic carbocycles. The first-order chi connectivity index (χ1) is 7.83. The lowest BCUT2D eigenvalue weighted by molar-refractivity contribution is -0.116. The molecule has 0 spiro atoms. The van der Waals surface area contributed by atoms with Crippen molar-refractivity contribution in [2.24, 2.45) is 5.92 Å². The molecule has 1 aliphatic rings. The van der Waals surface area contributed by atoms with E-state index in [1.54, 1.807) is 30.6 Å². The molecule has 1 aromatic heterocycles. The highest BCUT2D eigenvalue weighted by Crippen LogP contribution is 2.23. The molecular weight excluding hydrogens is 200 g/mol. The van der Waals surface area contributed by atoms with E-state index in [1.807, 2.05) is 12.2 Å². The van der Waals surface area contributed by atoms with Crippen molar-refractivity contribution in [3.8, 4) is 0 Å². The van der Waals surface area contributed by atoms with Gasteiger partial charge in [-0.15, -0.1) is 6.58 Å². The van der Waals surface area contributed by atoms with Gasteiger partial charge >= 0.3 is 0 Å². The van der Waals surface area contributed by atoms with E-state index < -0.39 is 0 Å². The van der Waals surface area contributed by atoms with Crippen molar-refractivity contribution in [3.05, 3.63) is 55.2 Å². The van der Waals surface area contributed by atoms with Crippen LogP contribution in [0.5, 0.6) is 0 Å². The summed E-state index contributed by atoms with van der Waals surface area (Å²) >= 11 is 0. The van der Waals surface area contributed by atoms with Gasteiger partial charge in [0.15, 0.2) is 11.6 Å². The summed E-state index contributed by atoms with van der Waals surface area (Å²) in [5.41, 5.74) is 0.579. The van der Waals surface area contributed by atoms with E-state index in [1.165, 1.54) is 0 Å². The van der Waals surface area contributed by atoms with Crippen LogP contribution in [0.2, 0.25) is 0 Å². The minimum absolute atomic E-state index is 0.0635. The molecule has 16 heavy (non-hydrogen) atoms. The quantitative estimate of drug-likeness (QED) is 0.721. The first-order valence-corrected chi connectivity index (χ1v) is 5.14. The van der Waals surface area contributed by atoms with Crippen LogP contribution >= 0.6 is 0 Å². The molecule has 0 amide bonds. The van der Waals surface area contributed by atoms with Crippen molar-refractivity contribution >= 4 is 11.4 Å². The number of ketones is 1. The number of Topliss-reactive ketones (excluding diaryl/α,β-unsaturated/α-hetero) is 1. The molecule has 3 nitrogen and oxygen atoms in total. The van der Waals surface area contributed by atoms with Crippen LogP contribution in [0.15, 0.2) is 49.3 Å². The number of nitrogens with zero attached hydrogens (tertiary/aromatic N) is 2. The van der Waals surface area contributed by atoms with E-state index in [2.05, 4.69) is 16.5 Å². The Hall–Kier alpha value is -2.03. The van der Waals surface area contributed by atoms with Gasteiger partial charge in [-0.25, -0.2) is 9.97 Å². The first-order valence-electron chi connectivity index (χ1n) is 5.14. The monoisotopic (exact) mass is 212 g/mol. The van der Waals surface area contributed by atoms with E-state index in [9.17, 15) is 4.79 Å². The Balaban J connectivity index is 2.30. The van der Waals surface area contributed by atoms with Crippen molar-refractivity contribution in [1.29, 1.82) is 0 Å². The maximum atomic E-state index is 12.1. The molecule has 0 N–H and O–H groups in total. The second-order valence-electron chi connectivity index (χ2n) is 3.53. The summed E-state index contributed by atoms with van der Waals surface area (Å²) in [6, 6.07) is 1.73. The highest BCUT2D eigenvalue weighted by molar-refractivity contribution is 6.22. The number of carbonyl (C=O) groups excluding carboxylic acids is 1. The van der Waals surface area contributed by atoms with Gasteiger partial charge in [0.25, 0.3) is 0 Å². The van der Waals surface area contributed by atoms with Gasteiger partial charge in [0.05, 0.1) is 5.57 Å². The molecule has 0 bridgehead atoms. The number of allylic oxidation sites excluding steroid dienone is 5. The molecular formula is C13H12N2O. The minimum Gasteiger partial charge on any atom is -0.293 e. The number of rotatable bonds is 3. The van der Waals surface area contributed by atoms with Gasteiger partial charge in [-0.05, 0) is 18.6 Å². The third-order valence-corrected chi connectivity index (χ3v) is 2.44. The summed E-state index contributed by atoms with van der Waals surface area (Å²) in [4.78, 5) is 20.2. The molecule has 0 saturated heterocycles. The molecule has 1 aliphatic carbocycles. The fraction of sp³-hybridized carbons (Fsp3) is 0.154. The van der Waals surface area contributed by atoms with E-state index in [-0.39, 0.29) is 11.7 Å². The Labute approximate surface area is 94.2 Å². The van der Waals surface area contributed by atoms with Gasteiger partial charge in [0, 0.05) is 18.3 Å². The highest BCUT2D eigenvalue weighted by atomic mass is 16.1. The average Bonchev–Trinajstić information content (AvgIpc) is 2.33. The van der Waals surface area contributed by atoms with Crippen LogP contribution in [-0.4, -0.2) is 15.8 Å². The molecule has 1 atom stereocenters. The molecule has 2 rings (SSSR count). The second-order valence-corrected chi connectivity index (χ2v) is 3.53. The largest absolute Gasteiger partial charge is 0.293 e. The van der Waals surface area contributed by atoms with Crippen molar-refractivity contribution in [1.82, 2.24) is 9.97 Å². The third-order valence-electron chi connectivity index (χ3n) is 2.44. The van der Waals surface area contributed by atoms with E-state index >= 15 is 0 Å². The smallest absolute Gasteiger partial charge is 0.173 e. The lowest BCUT2D eigenvalue weighted by Crippen LogP contribution is -2.17. The Bertz CT molecular complexity index is 460. The Kier molecular flexibility index (Phi) is 3.05. The Morgan fingerprint density at radius 1 is 1.38 bits per heavy atom. The SMILES string of the molecule is C=CCC1C=CC=C(c2ncccn2)C1=O. The minimum atomic E-state index is -0.124. The van der Waals surface area contributed by atoms with Crippen LogP contribution < -0.4 is 0 Å². The van der Waals surface area contributed by atoms with E-state index in [0.29, 0.717) is 17.8 Å². The summed E-state index contributed by atoms with van der Waals surface area (Å²) in [5.74, 6) is 0.431. The molecule has 0 radical (unpaired) electrons. The number of hydrogen-bond acceptors (Lipinski definition) is 3. The highest BCUT2D eigenvalue weighted by Gasteiger charge is 2.23. The summed E-state index contributed by atoms with van der Waals surface area (Å²) in [6.45, 7) is 3.65. The predicted molar refractivity (Wildman–Crippen MR) is 62.5 cm³/mol. The molecule has 3 heteroatoms. The predicted octanol–water partition coefficient (Wildman–Crippen LogP) is 2.19. The Morgan fingerprint density at radius 3 is 2.81 bits per heavy atom. The van der Waals surface area contributed by atoms with E-state index in [4.69, 9.17) is 0 Å². The fourth-order valence-corrected chi connectivity index (χ4v) is 1.64. The standard InChI is InChI=1S/C13H12N2O/c1-2-5-10-6-3-7-11(12(10)16)13-14-8-4-9-15-13/h2-4,6-10H,1,5H2. The van der Waals surface area contributed by atoms with Crippen LogP contribution in [0.1, 0.15) is 12.2 Å². The van der Waals surface area contributed by atoms with Crippen molar-refractivity contribution in [3.63, 3.8) is 0 Å². The molecule has 0 saturated carbocycles. The lowest BCUT2D eigenvalue weighted by Gasteiger charge is -2.14. The summed E-state index contributed by atoms with van der Waals surface area (Å²) in [7, 11) is 0.